The zero-order valence-electron chi connectivity index (χ0n) is 16.1. The fraction of sp³-hybridized carbons (Fsp3) is 0.350. The van der Waals surface area contributed by atoms with Crippen LogP contribution in [0, 0.1) is 10.1 Å². The van der Waals surface area contributed by atoms with Gasteiger partial charge in [-0.3, -0.25) is 10.1 Å². The van der Waals surface area contributed by atoms with Crippen LogP contribution >= 0.6 is 23.2 Å². The van der Waals surface area contributed by atoms with Crippen molar-refractivity contribution in [2.45, 2.75) is 32.6 Å². The zero-order chi connectivity index (χ0) is 21.0. The molecule has 0 spiro atoms. The fourth-order valence-electron chi connectivity index (χ4n) is 3.00. The molecule has 1 N–H and O–H groups in total. The number of nitro groups is 1. The van der Waals surface area contributed by atoms with Crippen LogP contribution in [-0.2, 0) is 0 Å². The quantitative estimate of drug-likeness (QED) is 0.237. The highest BCUT2D eigenvalue weighted by Crippen LogP contribution is 2.41. The van der Waals surface area contributed by atoms with Gasteiger partial charge in [0.25, 0.3) is 0 Å². The number of aromatic nitrogens is 2. The highest BCUT2D eigenvalue weighted by atomic mass is 35.5. The van der Waals surface area contributed by atoms with Crippen LogP contribution in [0.4, 0.5) is 5.69 Å². The molecule has 0 saturated heterocycles. The maximum atomic E-state index is 11.7. The van der Waals surface area contributed by atoms with Gasteiger partial charge < -0.3 is 14.5 Å². The molecule has 29 heavy (non-hydrogen) atoms. The summed E-state index contributed by atoms with van der Waals surface area (Å²) in [7, 11) is 1.45. The topological polar surface area (TPSA) is 90.3 Å². The monoisotopic (exact) mass is 437 g/mol. The van der Waals surface area contributed by atoms with E-state index in [1.54, 1.807) is 18.2 Å². The first-order valence-electron chi connectivity index (χ1n) is 9.29. The smallest absolute Gasteiger partial charge is 0.315 e. The van der Waals surface area contributed by atoms with Gasteiger partial charge in [0.2, 0.25) is 5.75 Å². The lowest BCUT2D eigenvalue weighted by atomic mass is 10.1. The fourth-order valence-corrected chi connectivity index (χ4v) is 3.32. The molecular weight excluding hydrogens is 417 g/mol. The van der Waals surface area contributed by atoms with Crippen LogP contribution in [-0.4, -0.2) is 28.6 Å². The number of benzene rings is 2. The molecule has 0 saturated carbocycles. The molecule has 0 bridgehead atoms. The highest BCUT2D eigenvalue weighted by Gasteiger charge is 2.24. The summed E-state index contributed by atoms with van der Waals surface area (Å²) in [6, 6.07) is 6.38. The van der Waals surface area contributed by atoms with Crippen molar-refractivity contribution in [3.05, 3.63) is 44.4 Å². The molecule has 0 aliphatic carbocycles. The van der Waals surface area contributed by atoms with Crippen LogP contribution in [0.3, 0.4) is 0 Å². The van der Waals surface area contributed by atoms with Crippen molar-refractivity contribution < 1.29 is 14.4 Å². The molecule has 1 aromatic heterocycles. The third kappa shape index (κ3) is 4.74. The Bertz CT molecular complexity index is 997. The molecule has 7 nitrogen and oxygen atoms in total. The largest absolute Gasteiger partial charge is 0.493 e. The summed E-state index contributed by atoms with van der Waals surface area (Å²) in [5, 5.41) is 12.4. The minimum absolute atomic E-state index is 0.125. The molecule has 0 aliphatic heterocycles. The van der Waals surface area contributed by atoms with Gasteiger partial charge in [-0.1, -0.05) is 49.4 Å². The second-order valence-corrected chi connectivity index (χ2v) is 7.38. The van der Waals surface area contributed by atoms with Crippen LogP contribution in [0.5, 0.6) is 11.5 Å². The standard InChI is InChI=1S/C20H21Cl2N3O4/c1-3-4-5-6-7-29-19-17(25(26)27)8-12(9-18(19)28-2)20-23-15-10-13(21)14(22)11-16(15)24-20/h8-11H,3-7H2,1-2H3,(H,23,24). The van der Waals surface area contributed by atoms with Gasteiger partial charge in [0.05, 0.1) is 39.7 Å². The number of fused-ring (bicyclic) bond motifs is 1. The van der Waals surface area contributed by atoms with Crippen LogP contribution in [0.2, 0.25) is 10.0 Å². The first kappa shape index (κ1) is 21.2. The molecule has 9 heteroatoms. The molecule has 0 atom stereocenters. The van der Waals surface area contributed by atoms with Crippen LogP contribution in [0.15, 0.2) is 24.3 Å². The van der Waals surface area contributed by atoms with Crippen molar-refractivity contribution in [3.8, 4) is 22.9 Å². The molecule has 0 aliphatic rings. The molecule has 0 amide bonds. The van der Waals surface area contributed by atoms with Crippen molar-refractivity contribution in [1.82, 2.24) is 9.97 Å². The van der Waals surface area contributed by atoms with Crippen LogP contribution in [0.25, 0.3) is 22.4 Å². The molecule has 0 radical (unpaired) electrons. The number of nitro benzene ring substituents is 1. The Labute approximate surface area is 178 Å². The number of H-pyrrole nitrogens is 1. The van der Waals surface area contributed by atoms with E-state index in [-0.39, 0.29) is 17.2 Å². The Balaban J connectivity index is 1.98. The molecule has 0 unspecified atom stereocenters. The van der Waals surface area contributed by atoms with E-state index in [2.05, 4.69) is 16.9 Å². The maximum absolute atomic E-state index is 11.7. The van der Waals surface area contributed by atoms with E-state index in [1.807, 2.05) is 0 Å². The number of hydrogen-bond acceptors (Lipinski definition) is 5. The Hall–Kier alpha value is -2.51. The van der Waals surface area contributed by atoms with Gasteiger partial charge in [-0.05, 0) is 24.6 Å². The third-order valence-electron chi connectivity index (χ3n) is 4.49. The summed E-state index contributed by atoms with van der Waals surface area (Å²) in [6.07, 6.45) is 4.03. The average molecular weight is 438 g/mol. The summed E-state index contributed by atoms with van der Waals surface area (Å²) < 4.78 is 11.1. The van der Waals surface area contributed by atoms with Crippen molar-refractivity contribution >= 4 is 39.9 Å². The Morgan fingerprint density at radius 2 is 1.90 bits per heavy atom. The lowest BCUT2D eigenvalue weighted by Crippen LogP contribution is -2.03. The zero-order valence-corrected chi connectivity index (χ0v) is 17.6. The molecule has 0 fully saturated rings. The van der Waals surface area contributed by atoms with E-state index in [9.17, 15) is 10.1 Å². The number of nitrogens with one attached hydrogen (secondary N) is 1. The molecule has 1 heterocycles. The van der Waals surface area contributed by atoms with Gasteiger partial charge in [0, 0.05) is 11.6 Å². The first-order valence-corrected chi connectivity index (χ1v) is 10.0. The number of imidazole rings is 1. The van der Waals surface area contributed by atoms with E-state index >= 15 is 0 Å². The molecule has 3 aromatic rings. The van der Waals surface area contributed by atoms with E-state index in [4.69, 9.17) is 32.7 Å². The van der Waals surface area contributed by atoms with Crippen LogP contribution < -0.4 is 9.47 Å². The third-order valence-corrected chi connectivity index (χ3v) is 5.22. The second-order valence-electron chi connectivity index (χ2n) is 6.56. The van der Waals surface area contributed by atoms with E-state index in [1.165, 1.54) is 13.2 Å². The minimum atomic E-state index is -0.482. The summed E-state index contributed by atoms with van der Waals surface area (Å²) >= 11 is 12.1. The van der Waals surface area contributed by atoms with Gasteiger partial charge in [-0.25, -0.2) is 4.98 Å². The molecular formula is C20H21Cl2N3O4. The Kier molecular flexibility index (Phi) is 6.82. The molecule has 2 aromatic carbocycles. The normalized spacial score (nSPS) is 11.0. The van der Waals surface area contributed by atoms with Crippen molar-refractivity contribution in [2.24, 2.45) is 0 Å². The highest BCUT2D eigenvalue weighted by molar-refractivity contribution is 6.42. The number of hydrogen-bond donors (Lipinski definition) is 1. The molecule has 154 valence electrons. The number of nitrogens with zero attached hydrogens (tertiary/aromatic N) is 2. The predicted molar refractivity (Wildman–Crippen MR) is 114 cm³/mol. The van der Waals surface area contributed by atoms with Gasteiger partial charge in [0.1, 0.15) is 5.82 Å². The summed E-state index contributed by atoms with van der Waals surface area (Å²) in [6.45, 7) is 2.51. The Morgan fingerprint density at radius 3 is 2.59 bits per heavy atom. The van der Waals surface area contributed by atoms with E-state index in [0.717, 1.165) is 25.7 Å². The summed E-state index contributed by atoms with van der Waals surface area (Å²) in [5.41, 5.74) is 1.60. The Morgan fingerprint density at radius 1 is 1.14 bits per heavy atom. The summed E-state index contributed by atoms with van der Waals surface area (Å²) in [4.78, 5) is 18.8. The predicted octanol–water partition coefficient (Wildman–Crippen LogP) is 6.41. The number of ether oxygens (including phenoxy) is 2. The maximum Gasteiger partial charge on any atom is 0.315 e. The lowest BCUT2D eigenvalue weighted by Gasteiger charge is -2.12. The number of unbranched alkanes of at least 4 members (excludes halogenated alkanes) is 3. The van der Waals surface area contributed by atoms with Crippen molar-refractivity contribution in [2.75, 3.05) is 13.7 Å². The van der Waals surface area contributed by atoms with Crippen molar-refractivity contribution in [3.63, 3.8) is 0 Å². The van der Waals surface area contributed by atoms with Gasteiger partial charge >= 0.3 is 5.69 Å². The number of methoxy groups -OCH3 is 1. The summed E-state index contributed by atoms with van der Waals surface area (Å²) in [5.74, 6) is 0.843. The van der Waals surface area contributed by atoms with Gasteiger partial charge in [-0.2, -0.15) is 0 Å². The van der Waals surface area contributed by atoms with E-state index < -0.39 is 4.92 Å². The first-order chi connectivity index (χ1) is 13.9. The number of aromatic amines is 1. The SMILES string of the molecule is CCCCCCOc1c(OC)cc(-c2nc3cc(Cl)c(Cl)cc3[nH]2)cc1[N+](=O)[O-]. The number of halogens is 2. The minimum Gasteiger partial charge on any atom is -0.493 e. The van der Waals surface area contributed by atoms with E-state index in [0.29, 0.717) is 39.1 Å². The van der Waals surface area contributed by atoms with Gasteiger partial charge in [-0.15, -0.1) is 0 Å². The number of rotatable bonds is 9. The second kappa shape index (κ2) is 9.33. The lowest BCUT2D eigenvalue weighted by molar-refractivity contribution is -0.385. The van der Waals surface area contributed by atoms with Crippen LogP contribution in [0.1, 0.15) is 32.6 Å². The van der Waals surface area contributed by atoms with Crippen molar-refractivity contribution in [1.29, 1.82) is 0 Å². The molecule has 3 rings (SSSR count). The average Bonchev–Trinajstić information content (AvgIpc) is 3.10. The van der Waals surface area contributed by atoms with Gasteiger partial charge in [0.15, 0.2) is 5.75 Å².